The molecule has 0 radical (unpaired) electrons. The second-order valence-corrected chi connectivity index (χ2v) is 6.58. The highest BCUT2D eigenvalue weighted by Crippen LogP contribution is 2.24. The third-order valence-corrected chi connectivity index (χ3v) is 5.07. The molecule has 0 spiro atoms. The molecule has 4 rings (SSSR count). The zero-order valence-corrected chi connectivity index (χ0v) is 12.7. The lowest BCUT2D eigenvalue weighted by Crippen LogP contribution is -2.34. The minimum Gasteiger partial charge on any atom is -0.408 e. The molecule has 0 unspecified atom stereocenters. The molecule has 0 aliphatic carbocycles. The zero-order chi connectivity index (χ0) is 14.4. The first-order valence-corrected chi connectivity index (χ1v) is 7.96. The molecule has 1 aliphatic heterocycles. The number of rotatable bonds is 2. The van der Waals surface area contributed by atoms with Crippen LogP contribution in [-0.4, -0.2) is 16.0 Å². The first-order valence-electron chi connectivity index (χ1n) is 7.08. The maximum atomic E-state index is 12.1. The monoisotopic (exact) mass is 300 g/mol. The van der Waals surface area contributed by atoms with E-state index in [1.165, 1.54) is 10.4 Å². The molecule has 108 valence electrons. The lowest BCUT2D eigenvalue weighted by Gasteiger charge is -2.26. The van der Waals surface area contributed by atoms with E-state index in [1.807, 2.05) is 36.5 Å². The minimum absolute atomic E-state index is 0.272. The summed E-state index contributed by atoms with van der Waals surface area (Å²) in [6.07, 6.45) is 1.07. The number of nitrogens with zero attached hydrogens (tertiary/aromatic N) is 2. The fourth-order valence-corrected chi connectivity index (χ4v) is 3.82. The van der Waals surface area contributed by atoms with E-state index >= 15 is 0 Å². The second kappa shape index (κ2) is 4.86. The van der Waals surface area contributed by atoms with Crippen molar-refractivity contribution >= 4 is 22.4 Å². The number of oxazole rings is 1. The average Bonchev–Trinajstić information content (AvgIpc) is 3.04. The van der Waals surface area contributed by atoms with Gasteiger partial charge in [0.05, 0.1) is 12.2 Å². The molecular weight excluding hydrogens is 284 g/mol. The SMILES string of the molecule is Cc1ccc2oc(=O)n(CN3CCc4sccc4C3)c2c1. The van der Waals surface area contributed by atoms with Gasteiger partial charge in [0, 0.05) is 18.0 Å². The Morgan fingerprint density at radius 3 is 3.14 bits per heavy atom. The van der Waals surface area contributed by atoms with E-state index < -0.39 is 0 Å². The summed E-state index contributed by atoms with van der Waals surface area (Å²) in [5.74, 6) is -0.272. The van der Waals surface area contributed by atoms with Crippen molar-refractivity contribution in [2.24, 2.45) is 0 Å². The van der Waals surface area contributed by atoms with Gasteiger partial charge < -0.3 is 4.42 Å². The molecule has 0 fully saturated rings. The predicted molar refractivity (Wildman–Crippen MR) is 83.6 cm³/mol. The van der Waals surface area contributed by atoms with Crippen molar-refractivity contribution in [1.82, 2.24) is 9.47 Å². The highest BCUT2D eigenvalue weighted by Gasteiger charge is 2.19. The Balaban J connectivity index is 1.67. The fourth-order valence-electron chi connectivity index (χ4n) is 2.93. The Morgan fingerprint density at radius 1 is 1.33 bits per heavy atom. The van der Waals surface area contributed by atoms with Crippen LogP contribution in [-0.2, 0) is 19.6 Å². The maximum Gasteiger partial charge on any atom is 0.421 e. The number of benzene rings is 1. The number of hydrogen-bond acceptors (Lipinski definition) is 4. The number of aryl methyl sites for hydroxylation is 1. The predicted octanol–water partition coefficient (Wildman–Crippen LogP) is 2.98. The van der Waals surface area contributed by atoms with E-state index in [4.69, 9.17) is 4.42 Å². The van der Waals surface area contributed by atoms with E-state index in [2.05, 4.69) is 16.3 Å². The molecule has 0 saturated heterocycles. The molecule has 3 heterocycles. The van der Waals surface area contributed by atoms with Gasteiger partial charge in [-0.25, -0.2) is 4.79 Å². The fraction of sp³-hybridized carbons (Fsp3) is 0.312. The van der Waals surface area contributed by atoms with Crippen molar-refractivity contribution in [3.05, 3.63) is 56.2 Å². The van der Waals surface area contributed by atoms with Gasteiger partial charge in [-0.05, 0) is 48.1 Å². The third kappa shape index (κ3) is 2.22. The summed E-state index contributed by atoms with van der Waals surface area (Å²) in [5, 5.41) is 2.15. The number of thiophene rings is 1. The van der Waals surface area contributed by atoms with Crippen LogP contribution in [0.15, 0.2) is 38.9 Å². The molecule has 0 atom stereocenters. The standard InChI is InChI=1S/C16H16N2O2S/c1-11-2-3-14-13(8-11)18(16(19)20-14)10-17-6-4-15-12(9-17)5-7-21-15/h2-3,5,7-8H,4,6,9-10H2,1H3. The summed E-state index contributed by atoms with van der Waals surface area (Å²) in [7, 11) is 0. The molecule has 3 aromatic rings. The van der Waals surface area contributed by atoms with Gasteiger partial charge in [-0.15, -0.1) is 11.3 Å². The van der Waals surface area contributed by atoms with Crippen LogP contribution in [0.1, 0.15) is 16.0 Å². The molecule has 2 aromatic heterocycles. The summed E-state index contributed by atoms with van der Waals surface area (Å²) in [6, 6.07) is 8.04. The molecule has 0 saturated carbocycles. The van der Waals surface area contributed by atoms with Crippen LogP contribution in [0.3, 0.4) is 0 Å². The van der Waals surface area contributed by atoms with E-state index in [1.54, 1.807) is 4.57 Å². The molecular formula is C16H16N2O2S. The molecule has 1 aromatic carbocycles. The van der Waals surface area contributed by atoms with Gasteiger partial charge >= 0.3 is 5.76 Å². The number of fused-ring (bicyclic) bond motifs is 2. The summed E-state index contributed by atoms with van der Waals surface area (Å²) in [6.45, 7) is 4.51. The molecule has 21 heavy (non-hydrogen) atoms. The van der Waals surface area contributed by atoms with Crippen LogP contribution in [0.5, 0.6) is 0 Å². The van der Waals surface area contributed by atoms with Crippen LogP contribution in [0.4, 0.5) is 0 Å². The van der Waals surface area contributed by atoms with Gasteiger partial charge in [-0.3, -0.25) is 9.47 Å². The van der Waals surface area contributed by atoms with Crippen molar-refractivity contribution in [3.63, 3.8) is 0 Å². The lowest BCUT2D eigenvalue weighted by molar-refractivity contribution is 0.197. The topological polar surface area (TPSA) is 38.4 Å². The highest BCUT2D eigenvalue weighted by molar-refractivity contribution is 7.10. The zero-order valence-electron chi connectivity index (χ0n) is 11.8. The average molecular weight is 300 g/mol. The van der Waals surface area contributed by atoms with Crippen LogP contribution in [0.2, 0.25) is 0 Å². The summed E-state index contributed by atoms with van der Waals surface area (Å²) >= 11 is 1.83. The van der Waals surface area contributed by atoms with E-state index in [9.17, 15) is 4.79 Å². The van der Waals surface area contributed by atoms with Gasteiger partial charge in [0.15, 0.2) is 5.58 Å². The smallest absolute Gasteiger partial charge is 0.408 e. The summed E-state index contributed by atoms with van der Waals surface area (Å²) in [5.41, 5.74) is 4.08. The molecule has 0 amide bonds. The summed E-state index contributed by atoms with van der Waals surface area (Å²) in [4.78, 5) is 15.9. The number of hydrogen-bond donors (Lipinski definition) is 0. The van der Waals surface area contributed by atoms with Crippen molar-refractivity contribution in [3.8, 4) is 0 Å². The van der Waals surface area contributed by atoms with Crippen molar-refractivity contribution < 1.29 is 4.42 Å². The Labute approximate surface area is 126 Å². The Kier molecular flexibility index (Phi) is 2.97. The van der Waals surface area contributed by atoms with Crippen LogP contribution in [0.25, 0.3) is 11.1 Å². The molecule has 4 nitrogen and oxygen atoms in total. The lowest BCUT2D eigenvalue weighted by atomic mass is 10.1. The minimum atomic E-state index is -0.272. The van der Waals surface area contributed by atoms with Crippen LogP contribution >= 0.6 is 11.3 Å². The van der Waals surface area contributed by atoms with Crippen LogP contribution in [0, 0.1) is 6.92 Å². The quantitative estimate of drug-likeness (QED) is 0.730. The molecule has 5 heteroatoms. The van der Waals surface area contributed by atoms with Crippen LogP contribution < -0.4 is 5.76 Å². The first kappa shape index (κ1) is 12.9. The second-order valence-electron chi connectivity index (χ2n) is 5.58. The highest BCUT2D eigenvalue weighted by atomic mass is 32.1. The molecule has 1 aliphatic rings. The Bertz CT molecular complexity index is 859. The largest absolute Gasteiger partial charge is 0.421 e. The van der Waals surface area contributed by atoms with Gasteiger partial charge in [-0.2, -0.15) is 0 Å². The van der Waals surface area contributed by atoms with Gasteiger partial charge in [-0.1, -0.05) is 6.07 Å². The van der Waals surface area contributed by atoms with Gasteiger partial charge in [0.1, 0.15) is 0 Å². The first-order chi connectivity index (χ1) is 10.2. The Morgan fingerprint density at radius 2 is 2.24 bits per heavy atom. The Hall–Kier alpha value is -1.85. The normalized spacial score (nSPS) is 15.5. The maximum absolute atomic E-state index is 12.1. The molecule has 0 bridgehead atoms. The summed E-state index contributed by atoms with van der Waals surface area (Å²) < 4.78 is 7.07. The van der Waals surface area contributed by atoms with E-state index in [0.717, 1.165) is 30.6 Å². The number of aromatic nitrogens is 1. The van der Waals surface area contributed by atoms with Gasteiger partial charge in [0.25, 0.3) is 0 Å². The van der Waals surface area contributed by atoms with E-state index in [-0.39, 0.29) is 5.76 Å². The van der Waals surface area contributed by atoms with Crippen molar-refractivity contribution in [2.45, 2.75) is 26.6 Å². The molecule has 0 N–H and O–H groups in total. The third-order valence-electron chi connectivity index (χ3n) is 4.05. The van der Waals surface area contributed by atoms with Gasteiger partial charge in [0.2, 0.25) is 0 Å². The van der Waals surface area contributed by atoms with Crippen molar-refractivity contribution in [1.29, 1.82) is 0 Å². The van der Waals surface area contributed by atoms with Crippen molar-refractivity contribution in [2.75, 3.05) is 6.54 Å². The van der Waals surface area contributed by atoms with E-state index in [0.29, 0.717) is 12.3 Å².